The number of rotatable bonds is 6. The van der Waals surface area contributed by atoms with Crippen LogP contribution < -0.4 is 0 Å². The van der Waals surface area contributed by atoms with E-state index in [-0.39, 0.29) is 0 Å². The molecule has 6 heterocycles. The molecule has 11 aromatic carbocycles. The predicted molar refractivity (Wildman–Crippen MR) is 345 cm³/mol. The zero-order valence-corrected chi connectivity index (χ0v) is 45.1. The number of hydrogen-bond acceptors (Lipinski definition) is 0. The summed E-state index contributed by atoms with van der Waals surface area (Å²) in [5, 5.41) is 12.6. The molecule has 386 valence electrons. The molecule has 0 atom stereocenters. The fraction of sp³-hybridized carbons (Fsp3) is 0. The van der Waals surface area contributed by atoms with Gasteiger partial charge in [0.1, 0.15) is 0 Å². The Labute approximate surface area is 481 Å². The van der Waals surface area contributed by atoms with Crippen LogP contribution in [0.25, 0.3) is 188 Å². The number of hydrogen-bond donors (Lipinski definition) is 0. The van der Waals surface area contributed by atoms with Crippen LogP contribution in [0.3, 0.4) is 0 Å². The lowest BCUT2D eigenvalue weighted by Gasteiger charge is -2.30. The molecule has 84 heavy (non-hydrogen) atoms. The van der Waals surface area contributed by atoms with Crippen LogP contribution in [0.5, 0.6) is 0 Å². The monoisotopic (exact) mass is 1060 g/mol. The first-order valence-corrected chi connectivity index (χ1v) is 29.0. The minimum atomic E-state index is 1.05. The molecule has 0 aliphatic heterocycles. The number of fused-ring (bicyclic) bond motifs is 14. The van der Waals surface area contributed by atoms with Crippen molar-refractivity contribution in [3.05, 3.63) is 268 Å². The number of para-hydroxylation sites is 2. The Morgan fingerprint density at radius 1 is 0.167 bits per heavy atom. The average molecular weight is 1070 g/mol. The van der Waals surface area contributed by atoms with Gasteiger partial charge in [0, 0.05) is 106 Å². The largest absolute Gasteiger partial charge is 0.319 e. The Kier molecular flexibility index (Phi) is 7.94. The summed E-state index contributed by atoms with van der Waals surface area (Å²) < 4.78 is 14.9. The van der Waals surface area contributed by atoms with Gasteiger partial charge in [-0.25, -0.2) is 0 Å². The minimum absolute atomic E-state index is 1.05. The van der Waals surface area contributed by atoms with E-state index in [0.29, 0.717) is 0 Å². The second-order valence-corrected chi connectivity index (χ2v) is 23.4. The molecule has 17 aromatic rings. The highest BCUT2D eigenvalue weighted by Crippen LogP contribution is 2.56. The van der Waals surface area contributed by atoms with Crippen molar-refractivity contribution in [3.8, 4) is 123 Å². The van der Waals surface area contributed by atoms with E-state index < -0.39 is 0 Å². The second kappa shape index (κ2) is 15.4. The maximum Gasteiger partial charge on any atom is 0.0986 e. The molecule has 0 N–H and O–H groups in total. The number of aromatic nitrogens is 6. The van der Waals surface area contributed by atoms with Crippen molar-refractivity contribution in [3.63, 3.8) is 0 Å². The fourth-order valence-electron chi connectivity index (χ4n) is 15.9. The van der Waals surface area contributed by atoms with E-state index in [1.807, 2.05) is 0 Å². The van der Waals surface area contributed by atoms with E-state index in [1.54, 1.807) is 0 Å². The van der Waals surface area contributed by atoms with Crippen LogP contribution in [0.4, 0.5) is 0 Å². The van der Waals surface area contributed by atoms with Crippen molar-refractivity contribution < 1.29 is 0 Å². The first-order chi connectivity index (χ1) is 41.7. The van der Waals surface area contributed by atoms with E-state index in [1.165, 1.54) is 143 Å². The van der Waals surface area contributed by atoms with Crippen LogP contribution in [-0.4, -0.2) is 27.4 Å². The van der Waals surface area contributed by atoms with E-state index in [0.717, 1.165) is 45.2 Å². The molecule has 6 heteroatoms. The highest BCUT2D eigenvalue weighted by Gasteiger charge is 2.37. The Balaban J connectivity index is 0.992. The molecule has 6 nitrogen and oxygen atoms in total. The topological polar surface area (TPSA) is 29.6 Å². The molecule has 0 saturated heterocycles. The summed E-state index contributed by atoms with van der Waals surface area (Å²) in [6, 6.07) is 76.6. The van der Waals surface area contributed by atoms with E-state index in [4.69, 9.17) is 0 Å². The lowest BCUT2D eigenvalue weighted by Crippen LogP contribution is -2.18. The smallest absolute Gasteiger partial charge is 0.0986 e. The zero-order valence-electron chi connectivity index (χ0n) is 45.1. The van der Waals surface area contributed by atoms with E-state index in [9.17, 15) is 0 Å². The molecule has 0 saturated carbocycles. The van der Waals surface area contributed by atoms with Crippen molar-refractivity contribution in [1.82, 2.24) is 27.4 Å². The van der Waals surface area contributed by atoms with Crippen LogP contribution in [0.1, 0.15) is 0 Å². The van der Waals surface area contributed by atoms with Gasteiger partial charge < -0.3 is 27.4 Å². The molecular weight excluding hydrogens is 1020 g/mol. The van der Waals surface area contributed by atoms with Gasteiger partial charge >= 0.3 is 0 Å². The van der Waals surface area contributed by atoms with Crippen molar-refractivity contribution in [2.75, 3.05) is 0 Å². The summed E-state index contributed by atoms with van der Waals surface area (Å²) in [4.78, 5) is 0. The standard InChI is InChI=1S/C78H44N6/c1-3-31-67-45(13-1)33-35-83(67)77-75(81-41-63-55-27-9-19-49-20-10-28-56(71(49)55)64(63)42-81)73(79-37-59-51-23-5-15-47-16-6-24-52(69(47)51)60(59)38-79)74(80-39-61-53-25-7-17-48-18-8-26-54(70(48)53)62(61)40-80)76(78(77)84-36-34-46-14-2-4-32-68(46)84)82-43-65-57-29-11-21-50-22-12-30-58(72(50)57)66(65)44-82/h1-44H. The summed E-state index contributed by atoms with van der Waals surface area (Å²) in [7, 11) is 0. The molecule has 0 unspecified atom stereocenters. The summed E-state index contributed by atoms with van der Waals surface area (Å²) in [5.41, 5.74) is 28.4. The average Bonchev–Trinajstić information content (AvgIpc) is 1.65. The second-order valence-electron chi connectivity index (χ2n) is 23.4. The third kappa shape index (κ3) is 5.37. The van der Waals surface area contributed by atoms with Crippen LogP contribution in [0.2, 0.25) is 0 Å². The van der Waals surface area contributed by atoms with Gasteiger partial charge in [-0.15, -0.1) is 0 Å². The summed E-state index contributed by atoms with van der Waals surface area (Å²) in [6.45, 7) is 0. The highest BCUT2D eigenvalue weighted by molar-refractivity contribution is 6.19. The van der Waals surface area contributed by atoms with Crippen molar-refractivity contribution in [2.24, 2.45) is 0 Å². The van der Waals surface area contributed by atoms with Crippen LogP contribution in [-0.2, 0) is 0 Å². The molecule has 21 rings (SSSR count). The third-order valence-corrected chi connectivity index (χ3v) is 19.3. The molecule has 0 radical (unpaired) electrons. The molecule has 0 amide bonds. The first kappa shape index (κ1) is 43.5. The van der Waals surface area contributed by atoms with Crippen molar-refractivity contribution in [1.29, 1.82) is 0 Å². The Hall–Kier alpha value is -11.3. The summed E-state index contributed by atoms with van der Waals surface area (Å²) in [6.07, 6.45) is 24.1. The lowest BCUT2D eigenvalue weighted by molar-refractivity contribution is 0.901. The Morgan fingerprint density at radius 3 is 0.631 bits per heavy atom. The molecular formula is C78H44N6. The molecule has 4 aliphatic rings. The number of benzene rings is 11. The normalized spacial score (nSPS) is 12.8. The highest BCUT2D eigenvalue weighted by atomic mass is 15.2. The number of nitrogens with zero attached hydrogens (tertiary/aromatic N) is 6. The van der Waals surface area contributed by atoms with Gasteiger partial charge in [-0.3, -0.25) is 0 Å². The molecule has 0 fully saturated rings. The minimum Gasteiger partial charge on any atom is -0.319 e. The van der Waals surface area contributed by atoms with Gasteiger partial charge in [0.05, 0.1) is 45.2 Å². The van der Waals surface area contributed by atoms with Gasteiger partial charge in [0.15, 0.2) is 0 Å². The van der Waals surface area contributed by atoms with Crippen LogP contribution in [0, 0.1) is 0 Å². The van der Waals surface area contributed by atoms with Crippen molar-refractivity contribution >= 4 is 64.9 Å². The molecule has 0 spiro atoms. The third-order valence-electron chi connectivity index (χ3n) is 19.3. The van der Waals surface area contributed by atoms with Gasteiger partial charge in [0.25, 0.3) is 0 Å². The van der Waals surface area contributed by atoms with Gasteiger partial charge in [-0.05, 0) is 123 Å². The van der Waals surface area contributed by atoms with E-state index in [2.05, 4.69) is 296 Å². The lowest BCUT2D eigenvalue weighted by atomic mass is 10.0. The zero-order chi connectivity index (χ0) is 54.2. The Morgan fingerprint density at radius 2 is 0.381 bits per heavy atom. The van der Waals surface area contributed by atoms with E-state index >= 15 is 0 Å². The quantitative estimate of drug-likeness (QED) is 0.159. The van der Waals surface area contributed by atoms with Gasteiger partial charge in [-0.1, -0.05) is 182 Å². The summed E-state index contributed by atoms with van der Waals surface area (Å²) in [5.74, 6) is 0. The SMILES string of the molecule is c1cc2c3c(cccc3c1)-c1cn(-c3c(-n4cc5c(c4)-c4cccc6cccc-5c46)c(-n4cc5c(c4)-c4cccc6cccc-5c46)c(-n4ccc5ccccc54)c(-n4ccc5ccccc54)c3-n3cc4c(c3)-c3cccc5cccc-4c35)cc1-2. The molecule has 4 aliphatic carbocycles. The fourth-order valence-corrected chi connectivity index (χ4v) is 15.9. The summed E-state index contributed by atoms with van der Waals surface area (Å²) >= 11 is 0. The Bertz CT molecular complexity index is 5290. The first-order valence-electron chi connectivity index (χ1n) is 29.0. The van der Waals surface area contributed by atoms with Crippen molar-refractivity contribution in [2.45, 2.75) is 0 Å². The van der Waals surface area contributed by atoms with Crippen LogP contribution >= 0.6 is 0 Å². The maximum atomic E-state index is 2.49. The molecule has 0 bridgehead atoms. The maximum absolute atomic E-state index is 2.49. The predicted octanol–water partition coefficient (Wildman–Crippen LogP) is 19.9. The molecule has 6 aromatic heterocycles. The van der Waals surface area contributed by atoms with Gasteiger partial charge in [0.2, 0.25) is 0 Å². The van der Waals surface area contributed by atoms with Gasteiger partial charge in [-0.2, -0.15) is 0 Å². The van der Waals surface area contributed by atoms with Crippen LogP contribution in [0.15, 0.2) is 268 Å².